The minimum absolute atomic E-state index is 0.0687. The van der Waals surface area contributed by atoms with Crippen LogP contribution in [0.1, 0.15) is 5.56 Å². The molecule has 1 saturated heterocycles. The Morgan fingerprint density at radius 3 is 3.00 bits per heavy atom. The minimum Gasteiger partial charge on any atom is -0.466 e. The van der Waals surface area contributed by atoms with E-state index < -0.39 is 17.7 Å². The van der Waals surface area contributed by atoms with Crippen LogP contribution in [0.5, 0.6) is 0 Å². The zero-order valence-corrected chi connectivity index (χ0v) is 12.7. The highest BCUT2D eigenvalue weighted by Gasteiger charge is 2.24. The topological polar surface area (TPSA) is 80.1 Å². The van der Waals surface area contributed by atoms with Crippen molar-refractivity contribution in [2.75, 3.05) is 7.11 Å². The Morgan fingerprint density at radius 1 is 1.50 bits per heavy atom. The van der Waals surface area contributed by atoms with E-state index in [4.69, 9.17) is 11.6 Å². The monoisotopic (exact) mass is 341 g/mol. The van der Waals surface area contributed by atoms with Gasteiger partial charge in [-0.3, -0.25) is 10.1 Å². The molecule has 1 aromatic carbocycles. The molecule has 1 amide bonds. The zero-order chi connectivity index (χ0) is 16.1. The van der Waals surface area contributed by atoms with E-state index in [9.17, 15) is 14.0 Å². The number of hydrogen-bond acceptors (Lipinski definition) is 6. The minimum atomic E-state index is -0.644. The van der Waals surface area contributed by atoms with Crippen LogP contribution in [0, 0.1) is 5.82 Å². The number of carbonyl (C=O) groups excluding carboxylic acids is 2. The average Bonchev–Trinajstić information content (AvgIpc) is 2.83. The lowest BCUT2D eigenvalue weighted by Crippen LogP contribution is -2.19. The fourth-order valence-electron chi connectivity index (χ4n) is 1.40. The molecular formula is C13H9ClFN3O3S. The van der Waals surface area contributed by atoms with Gasteiger partial charge in [0.05, 0.1) is 23.3 Å². The Labute approximate surface area is 134 Å². The summed E-state index contributed by atoms with van der Waals surface area (Å²) < 4.78 is 17.7. The Balaban J connectivity index is 2.10. The summed E-state index contributed by atoms with van der Waals surface area (Å²) in [6.07, 6.45) is 2.31. The van der Waals surface area contributed by atoms with Gasteiger partial charge < -0.3 is 4.74 Å². The van der Waals surface area contributed by atoms with Crippen LogP contribution in [-0.2, 0) is 14.3 Å². The number of nitrogens with zero attached hydrogens (tertiary/aromatic N) is 2. The fraction of sp³-hybridized carbons (Fsp3) is 0.0769. The van der Waals surface area contributed by atoms with Crippen molar-refractivity contribution in [3.63, 3.8) is 0 Å². The van der Waals surface area contributed by atoms with E-state index in [1.807, 2.05) is 0 Å². The number of amidine groups is 1. The number of thioether (sulfide) groups is 1. The zero-order valence-electron chi connectivity index (χ0n) is 11.2. The number of halogens is 2. The first kappa shape index (κ1) is 16.2. The molecule has 0 radical (unpaired) electrons. The molecule has 0 aromatic heterocycles. The van der Waals surface area contributed by atoms with Crippen molar-refractivity contribution in [3.8, 4) is 0 Å². The SMILES string of the molecule is COC(=O)/C=C1/S/C(=N\N=Cc2cccc(F)c2Cl)NC1=O. The Morgan fingerprint density at radius 2 is 2.27 bits per heavy atom. The third-order valence-electron chi connectivity index (χ3n) is 2.43. The number of methoxy groups -OCH3 is 1. The number of rotatable bonds is 3. The van der Waals surface area contributed by atoms with Gasteiger partial charge in [0.2, 0.25) is 0 Å². The highest BCUT2D eigenvalue weighted by Crippen LogP contribution is 2.23. The molecule has 0 unspecified atom stereocenters. The van der Waals surface area contributed by atoms with Gasteiger partial charge in [0.25, 0.3) is 5.91 Å². The van der Waals surface area contributed by atoms with Crippen LogP contribution in [0.25, 0.3) is 0 Å². The second-order valence-corrected chi connectivity index (χ2v) is 5.29. The maximum atomic E-state index is 13.2. The molecule has 0 aliphatic carbocycles. The van der Waals surface area contributed by atoms with E-state index in [-0.39, 0.29) is 15.1 Å². The highest BCUT2D eigenvalue weighted by atomic mass is 35.5. The molecular weight excluding hydrogens is 333 g/mol. The molecule has 1 aromatic rings. The number of ether oxygens (including phenoxy) is 1. The van der Waals surface area contributed by atoms with Crippen LogP contribution in [0.4, 0.5) is 4.39 Å². The first-order valence-corrected chi connectivity index (χ1v) is 7.04. The molecule has 1 aliphatic rings. The van der Waals surface area contributed by atoms with Crippen LogP contribution in [-0.4, -0.2) is 30.4 Å². The Bertz CT molecular complexity index is 718. The third kappa shape index (κ3) is 3.92. The van der Waals surface area contributed by atoms with Gasteiger partial charge in [-0.15, -0.1) is 5.10 Å². The van der Waals surface area contributed by atoms with Crippen molar-refractivity contribution in [2.45, 2.75) is 0 Å². The molecule has 1 N–H and O–H groups in total. The molecule has 6 nitrogen and oxygen atoms in total. The lowest BCUT2D eigenvalue weighted by atomic mass is 10.2. The summed E-state index contributed by atoms with van der Waals surface area (Å²) in [6, 6.07) is 4.28. The van der Waals surface area contributed by atoms with Crippen LogP contribution >= 0.6 is 23.4 Å². The summed E-state index contributed by atoms with van der Waals surface area (Å²) in [7, 11) is 1.21. The van der Waals surface area contributed by atoms with Crippen molar-refractivity contribution in [2.24, 2.45) is 10.2 Å². The van der Waals surface area contributed by atoms with E-state index in [1.165, 1.54) is 25.5 Å². The Kier molecular flexibility index (Phi) is 5.29. The third-order valence-corrected chi connectivity index (χ3v) is 3.73. The number of hydrogen-bond donors (Lipinski definition) is 1. The molecule has 0 bridgehead atoms. The molecule has 0 saturated carbocycles. The standard InChI is InChI=1S/C13H9ClFN3O3S/c1-21-10(19)5-9-12(20)17-13(22-9)18-16-6-7-3-2-4-8(15)11(7)14/h2-6H,1H3,(H,17,18,20)/b9-5+,16-6?. The number of amides is 1. The van der Waals surface area contributed by atoms with E-state index in [0.717, 1.165) is 17.8 Å². The van der Waals surface area contributed by atoms with Gasteiger partial charge in [0.1, 0.15) is 5.82 Å². The van der Waals surface area contributed by atoms with Gasteiger partial charge in [0.15, 0.2) is 5.17 Å². The van der Waals surface area contributed by atoms with Gasteiger partial charge in [-0.1, -0.05) is 23.7 Å². The number of nitrogens with one attached hydrogen (secondary N) is 1. The molecule has 114 valence electrons. The maximum Gasteiger partial charge on any atom is 0.331 e. The number of esters is 1. The first-order chi connectivity index (χ1) is 10.5. The second kappa shape index (κ2) is 7.19. The summed E-state index contributed by atoms with van der Waals surface area (Å²) in [6.45, 7) is 0. The van der Waals surface area contributed by atoms with Crippen LogP contribution < -0.4 is 5.32 Å². The van der Waals surface area contributed by atoms with E-state index in [0.29, 0.717) is 5.56 Å². The smallest absolute Gasteiger partial charge is 0.331 e. The van der Waals surface area contributed by atoms with Gasteiger partial charge in [-0.2, -0.15) is 5.10 Å². The van der Waals surface area contributed by atoms with Crippen molar-refractivity contribution in [1.29, 1.82) is 0 Å². The quantitative estimate of drug-likeness (QED) is 0.395. The van der Waals surface area contributed by atoms with E-state index in [2.05, 4.69) is 20.3 Å². The van der Waals surface area contributed by atoms with Crippen LogP contribution in [0.2, 0.25) is 5.02 Å². The second-order valence-electron chi connectivity index (χ2n) is 3.88. The molecule has 2 rings (SSSR count). The summed E-state index contributed by atoms with van der Waals surface area (Å²) in [5.41, 5.74) is 0.352. The molecule has 9 heteroatoms. The Hall–Kier alpha value is -2.19. The fourth-order valence-corrected chi connectivity index (χ4v) is 2.32. The normalized spacial score (nSPS) is 18.2. The largest absolute Gasteiger partial charge is 0.466 e. The van der Waals surface area contributed by atoms with Crippen molar-refractivity contribution in [3.05, 3.63) is 45.6 Å². The van der Waals surface area contributed by atoms with Crippen molar-refractivity contribution >= 4 is 46.6 Å². The van der Waals surface area contributed by atoms with Gasteiger partial charge in [0, 0.05) is 11.6 Å². The number of benzene rings is 1. The predicted molar refractivity (Wildman–Crippen MR) is 82.3 cm³/mol. The summed E-state index contributed by atoms with van der Waals surface area (Å²) in [5, 5.41) is 10.0. The summed E-state index contributed by atoms with van der Waals surface area (Å²) in [4.78, 5) is 22.8. The molecule has 0 spiro atoms. The molecule has 22 heavy (non-hydrogen) atoms. The number of carbonyl (C=O) groups is 2. The van der Waals surface area contributed by atoms with Gasteiger partial charge in [-0.05, 0) is 17.8 Å². The molecule has 1 aliphatic heterocycles. The average molecular weight is 342 g/mol. The van der Waals surface area contributed by atoms with Crippen molar-refractivity contribution in [1.82, 2.24) is 5.32 Å². The lowest BCUT2D eigenvalue weighted by Gasteiger charge is -1.97. The van der Waals surface area contributed by atoms with Gasteiger partial charge >= 0.3 is 5.97 Å². The maximum absolute atomic E-state index is 13.2. The lowest BCUT2D eigenvalue weighted by molar-refractivity contribution is -0.135. The van der Waals surface area contributed by atoms with Crippen LogP contribution in [0.3, 0.4) is 0 Å². The molecule has 1 fully saturated rings. The van der Waals surface area contributed by atoms with E-state index >= 15 is 0 Å². The highest BCUT2D eigenvalue weighted by molar-refractivity contribution is 8.18. The molecule has 1 heterocycles. The van der Waals surface area contributed by atoms with E-state index in [1.54, 1.807) is 6.07 Å². The predicted octanol–water partition coefficient (Wildman–Crippen LogP) is 2.09. The van der Waals surface area contributed by atoms with Crippen LogP contribution in [0.15, 0.2) is 39.4 Å². The summed E-state index contributed by atoms with van der Waals surface area (Å²) >= 11 is 6.69. The van der Waals surface area contributed by atoms with Gasteiger partial charge in [-0.25, -0.2) is 9.18 Å². The summed E-state index contributed by atoms with van der Waals surface area (Å²) in [5.74, 6) is -1.69. The first-order valence-electron chi connectivity index (χ1n) is 5.85. The molecule has 0 atom stereocenters. The van der Waals surface area contributed by atoms with Crippen molar-refractivity contribution < 1.29 is 18.7 Å².